The van der Waals surface area contributed by atoms with Crippen molar-refractivity contribution in [2.24, 2.45) is 0 Å². The minimum atomic E-state index is 0.329. The summed E-state index contributed by atoms with van der Waals surface area (Å²) in [6, 6.07) is 26.9. The molecule has 27 heavy (non-hydrogen) atoms. The van der Waals surface area contributed by atoms with Gasteiger partial charge < -0.3 is 10.6 Å². The van der Waals surface area contributed by atoms with E-state index in [4.69, 9.17) is 23.8 Å². The number of anilines is 1. The standard InChI is InChI=1S/C23H23ClN2S/c1-17-12-13-20(24)16-22(17)26-23(27)25-15-14-21(18-8-4-2-5-9-18)19-10-6-3-7-11-19/h2-13,16,21H,14-15H2,1H3,(H2,25,26,27). The molecule has 0 radical (unpaired) electrons. The largest absolute Gasteiger partial charge is 0.362 e. The maximum absolute atomic E-state index is 6.08. The van der Waals surface area contributed by atoms with Crippen LogP contribution in [0.4, 0.5) is 5.69 Å². The van der Waals surface area contributed by atoms with Crippen molar-refractivity contribution in [1.82, 2.24) is 5.32 Å². The maximum atomic E-state index is 6.08. The number of hydrogen-bond donors (Lipinski definition) is 2. The Bertz CT molecular complexity index is 842. The SMILES string of the molecule is Cc1ccc(Cl)cc1NC(=S)NCCC(c1ccccc1)c1ccccc1. The Morgan fingerprint density at radius 3 is 2.11 bits per heavy atom. The zero-order chi connectivity index (χ0) is 19.1. The molecule has 0 saturated carbocycles. The van der Waals surface area contributed by atoms with Gasteiger partial charge in [-0.15, -0.1) is 0 Å². The lowest BCUT2D eigenvalue weighted by Gasteiger charge is -2.19. The average Bonchev–Trinajstić information content (AvgIpc) is 2.69. The van der Waals surface area contributed by atoms with Gasteiger partial charge in [-0.2, -0.15) is 0 Å². The van der Waals surface area contributed by atoms with Crippen molar-refractivity contribution in [2.45, 2.75) is 19.3 Å². The number of halogens is 1. The van der Waals surface area contributed by atoms with E-state index >= 15 is 0 Å². The van der Waals surface area contributed by atoms with Crippen molar-refractivity contribution in [2.75, 3.05) is 11.9 Å². The summed E-state index contributed by atoms with van der Waals surface area (Å²) >= 11 is 11.5. The molecule has 0 saturated heterocycles. The lowest BCUT2D eigenvalue weighted by Crippen LogP contribution is -2.30. The van der Waals surface area contributed by atoms with Crippen LogP contribution in [-0.4, -0.2) is 11.7 Å². The summed E-state index contributed by atoms with van der Waals surface area (Å²) in [6.07, 6.45) is 0.949. The first kappa shape index (κ1) is 19.4. The van der Waals surface area contributed by atoms with Gasteiger partial charge in [0.05, 0.1) is 0 Å². The van der Waals surface area contributed by atoms with Gasteiger partial charge in [0, 0.05) is 23.2 Å². The molecule has 2 nitrogen and oxygen atoms in total. The van der Waals surface area contributed by atoms with E-state index in [1.165, 1.54) is 11.1 Å². The molecule has 0 aliphatic rings. The molecule has 0 bridgehead atoms. The quantitative estimate of drug-likeness (QED) is 0.490. The normalized spacial score (nSPS) is 10.6. The Kier molecular flexibility index (Phi) is 6.86. The molecule has 2 N–H and O–H groups in total. The fourth-order valence-electron chi connectivity index (χ4n) is 3.12. The van der Waals surface area contributed by atoms with E-state index in [-0.39, 0.29) is 0 Å². The van der Waals surface area contributed by atoms with E-state index in [1.807, 2.05) is 25.1 Å². The number of hydrogen-bond acceptors (Lipinski definition) is 1. The van der Waals surface area contributed by atoms with Gasteiger partial charge in [-0.25, -0.2) is 0 Å². The third kappa shape index (κ3) is 5.56. The molecular weight excluding hydrogens is 372 g/mol. The van der Waals surface area contributed by atoms with Gasteiger partial charge in [0.1, 0.15) is 0 Å². The molecular formula is C23H23ClN2S. The fraction of sp³-hybridized carbons (Fsp3) is 0.174. The van der Waals surface area contributed by atoms with Crippen LogP contribution in [0.3, 0.4) is 0 Å². The summed E-state index contributed by atoms with van der Waals surface area (Å²) < 4.78 is 0. The van der Waals surface area contributed by atoms with Crippen molar-refractivity contribution in [3.8, 4) is 0 Å². The van der Waals surface area contributed by atoms with Crippen LogP contribution in [0.2, 0.25) is 5.02 Å². The van der Waals surface area contributed by atoms with Crippen LogP contribution >= 0.6 is 23.8 Å². The summed E-state index contributed by atoms with van der Waals surface area (Å²) in [7, 11) is 0. The number of rotatable bonds is 6. The second-order valence-electron chi connectivity index (χ2n) is 6.50. The van der Waals surface area contributed by atoms with Gasteiger partial charge in [-0.1, -0.05) is 78.3 Å². The first-order valence-electron chi connectivity index (χ1n) is 9.04. The van der Waals surface area contributed by atoms with Gasteiger partial charge in [-0.3, -0.25) is 0 Å². The Balaban J connectivity index is 1.62. The molecule has 3 rings (SSSR count). The first-order chi connectivity index (χ1) is 13.1. The van der Waals surface area contributed by atoms with E-state index in [2.05, 4.69) is 71.3 Å². The van der Waals surface area contributed by atoms with Crippen LogP contribution in [0.5, 0.6) is 0 Å². The van der Waals surface area contributed by atoms with Crippen LogP contribution in [-0.2, 0) is 0 Å². The molecule has 3 aromatic rings. The topological polar surface area (TPSA) is 24.1 Å². The predicted molar refractivity (Wildman–Crippen MR) is 120 cm³/mol. The molecule has 0 fully saturated rings. The Labute approximate surface area is 171 Å². The Morgan fingerprint density at radius 2 is 1.52 bits per heavy atom. The zero-order valence-electron chi connectivity index (χ0n) is 15.3. The summed E-state index contributed by atoms with van der Waals surface area (Å²) in [6.45, 7) is 2.81. The molecule has 138 valence electrons. The van der Waals surface area contributed by atoms with Crippen molar-refractivity contribution < 1.29 is 0 Å². The van der Waals surface area contributed by atoms with Crippen molar-refractivity contribution >= 4 is 34.6 Å². The molecule has 0 aliphatic heterocycles. The van der Waals surface area contributed by atoms with Gasteiger partial charge in [0.2, 0.25) is 0 Å². The smallest absolute Gasteiger partial charge is 0.170 e. The number of aryl methyl sites for hydroxylation is 1. The Morgan fingerprint density at radius 1 is 0.926 bits per heavy atom. The third-order valence-electron chi connectivity index (χ3n) is 4.57. The van der Waals surface area contributed by atoms with Crippen LogP contribution < -0.4 is 10.6 Å². The molecule has 0 atom stereocenters. The molecule has 0 heterocycles. The van der Waals surface area contributed by atoms with Crippen molar-refractivity contribution in [3.05, 3.63) is 101 Å². The highest BCUT2D eigenvalue weighted by molar-refractivity contribution is 7.80. The first-order valence-corrected chi connectivity index (χ1v) is 9.83. The summed E-state index contributed by atoms with van der Waals surface area (Å²) in [5, 5.41) is 7.87. The molecule has 0 unspecified atom stereocenters. The number of nitrogens with one attached hydrogen (secondary N) is 2. The summed E-state index contributed by atoms with van der Waals surface area (Å²) in [4.78, 5) is 0. The molecule has 3 aromatic carbocycles. The van der Waals surface area contributed by atoms with E-state index in [9.17, 15) is 0 Å². The monoisotopic (exact) mass is 394 g/mol. The van der Waals surface area contributed by atoms with Gasteiger partial charge in [-0.05, 0) is 54.4 Å². The van der Waals surface area contributed by atoms with Crippen LogP contribution in [0, 0.1) is 6.92 Å². The minimum absolute atomic E-state index is 0.329. The highest BCUT2D eigenvalue weighted by Crippen LogP contribution is 2.27. The van der Waals surface area contributed by atoms with Crippen molar-refractivity contribution in [1.29, 1.82) is 0 Å². The number of thiocarbonyl (C=S) groups is 1. The van der Waals surface area contributed by atoms with Gasteiger partial charge >= 0.3 is 0 Å². The highest BCUT2D eigenvalue weighted by atomic mass is 35.5. The predicted octanol–water partition coefficient (Wildman–Crippen LogP) is 6.16. The fourth-order valence-corrected chi connectivity index (χ4v) is 3.51. The van der Waals surface area contributed by atoms with Gasteiger partial charge in [0.15, 0.2) is 5.11 Å². The highest BCUT2D eigenvalue weighted by Gasteiger charge is 2.13. The molecule has 0 amide bonds. The Hall–Kier alpha value is -2.36. The van der Waals surface area contributed by atoms with Gasteiger partial charge in [0.25, 0.3) is 0 Å². The van der Waals surface area contributed by atoms with Crippen LogP contribution in [0.25, 0.3) is 0 Å². The molecule has 0 aliphatic carbocycles. The second-order valence-corrected chi connectivity index (χ2v) is 7.35. The molecule has 0 aromatic heterocycles. The lowest BCUT2D eigenvalue weighted by atomic mass is 9.88. The van der Waals surface area contributed by atoms with E-state index < -0.39 is 0 Å². The third-order valence-corrected chi connectivity index (χ3v) is 5.05. The maximum Gasteiger partial charge on any atom is 0.170 e. The minimum Gasteiger partial charge on any atom is -0.362 e. The zero-order valence-corrected chi connectivity index (χ0v) is 16.9. The van der Waals surface area contributed by atoms with E-state index in [0.29, 0.717) is 16.1 Å². The van der Waals surface area contributed by atoms with E-state index in [0.717, 1.165) is 24.2 Å². The summed E-state index contributed by atoms with van der Waals surface area (Å²) in [5.74, 6) is 0.329. The second kappa shape index (κ2) is 9.54. The van der Waals surface area contributed by atoms with E-state index in [1.54, 1.807) is 0 Å². The lowest BCUT2D eigenvalue weighted by molar-refractivity contribution is 0.694. The summed E-state index contributed by atoms with van der Waals surface area (Å²) in [5.41, 5.74) is 4.67. The molecule has 4 heteroatoms. The van der Waals surface area contributed by atoms with Crippen LogP contribution in [0.1, 0.15) is 29.0 Å². The number of benzene rings is 3. The molecule has 0 spiro atoms. The van der Waals surface area contributed by atoms with Crippen molar-refractivity contribution in [3.63, 3.8) is 0 Å². The van der Waals surface area contributed by atoms with Crippen LogP contribution in [0.15, 0.2) is 78.9 Å². The average molecular weight is 395 g/mol.